The van der Waals surface area contributed by atoms with Crippen molar-refractivity contribution in [2.24, 2.45) is 0 Å². The fourth-order valence-corrected chi connectivity index (χ4v) is 3.64. The third-order valence-electron chi connectivity index (χ3n) is 3.50. The third kappa shape index (κ3) is 4.26. The van der Waals surface area contributed by atoms with Gasteiger partial charge in [0, 0.05) is 28.3 Å². The Morgan fingerprint density at radius 3 is 2.85 bits per heavy atom. The van der Waals surface area contributed by atoms with Crippen LogP contribution >= 0.6 is 11.6 Å². The Kier molecular flexibility index (Phi) is 5.44. The number of fused-ring (bicyclic) bond motifs is 1. The second-order valence-electron chi connectivity index (χ2n) is 5.25. The molecule has 12 heteroatoms. The van der Waals surface area contributed by atoms with Gasteiger partial charge in [-0.25, -0.2) is 18.1 Å². The maximum Gasteiger partial charge on any atom is 0.345 e. The fourth-order valence-electron chi connectivity index (χ4n) is 2.34. The SMILES string of the molecule is COc1nc(NS(=O)(=O)c2c[nH]c3cc(Cl)ccc23)ncc1COC(F)F. The minimum Gasteiger partial charge on any atom is -0.481 e. The predicted molar refractivity (Wildman–Crippen MR) is 93.5 cm³/mol. The number of halogens is 3. The number of ether oxygens (including phenoxy) is 2. The zero-order chi connectivity index (χ0) is 19.6. The number of benzene rings is 1. The van der Waals surface area contributed by atoms with Crippen molar-refractivity contribution in [1.82, 2.24) is 15.0 Å². The summed E-state index contributed by atoms with van der Waals surface area (Å²) in [4.78, 5) is 10.5. The molecule has 2 N–H and O–H groups in total. The van der Waals surface area contributed by atoms with Crippen LogP contribution in [-0.2, 0) is 21.4 Å². The lowest BCUT2D eigenvalue weighted by atomic mass is 10.2. The zero-order valence-corrected chi connectivity index (χ0v) is 15.3. The molecule has 0 saturated heterocycles. The first-order valence-corrected chi connectivity index (χ1v) is 9.25. The van der Waals surface area contributed by atoms with Gasteiger partial charge in [-0.3, -0.25) is 0 Å². The summed E-state index contributed by atoms with van der Waals surface area (Å²) in [6.07, 6.45) is 2.45. The van der Waals surface area contributed by atoms with E-state index in [4.69, 9.17) is 16.3 Å². The van der Waals surface area contributed by atoms with Crippen LogP contribution in [0.25, 0.3) is 10.9 Å². The van der Waals surface area contributed by atoms with E-state index in [0.717, 1.165) is 6.20 Å². The molecular formula is C15H13ClF2N4O4S. The number of hydrogen-bond donors (Lipinski definition) is 2. The van der Waals surface area contributed by atoms with E-state index >= 15 is 0 Å². The van der Waals surface area contributed by atoms with Crippen LogP contribution in [0.15, 0.2) is 35.5 Å². The van der Waals surface area contributed by atoms with Gasteiger partial charge in [0.25, 0.3) is 10.0 Å². The number of hydrogen-bond acceptors (Lipinski definition) is 6. The second-order valence-corrected chi connectivity index (χ2v) is 7.34. The molecule has 2 heterocycles. The summed E-state index contributed by atoms with van der Waals surface area (Å²) in [5.74, 6) is -0.370. The normalized spacial score (nSPS) is 11.9. The lowest BCUT2D eigenvalue weighted by Gasteiger charge is -2.10. The van der Waals surface area contributed by atoms with E-state index in [9.17, 15) is 17.2 Å². The van der Waals surface area contributed by atoms with E-state index in [2.05, 4.69) is 24.4 Å². The first-order valence-electron chi connectivity index (χ1n) is 7.39. The first kappa shape index (κ1) is 19.3. The molecule has 144 valence electrons. The molecule has 3 aromatic rings. The number of rotatable bonds is 7. The Hall–Kier alpha value is -2.50. The predicted octanol–water partition coefficient (Wildman–Crippen LogP) is 3.16. The van der Waals surface area contributed by atoms with Gasteiger partial charge in [0.1, 0.15) is 4.90 Å². The maximum absolute atomic E-state index is 12.7. The molecule has 27 heavy (non-hydrogen) atoms. The van der Waals surface area contributed by atoms with Gasteiger partial charge in [0.15, 0.2) is 0 Å². The highest BCUT2D eigenvalue weighted by molar-refractivity contribution is 7.93. The van der Waals surface area contributed by atoms with Gasteiger partial charge in [-0.2, -0.15) is 13.8 Å². The van der Waals surface area contributed by atoms with E-state index in [1.54, 1.807) is 18.2 Å². The molecule has 3 rings (SSSR count). The number of H-pyrrole nitrogens is 1. The van der Waals surface area contributed by atoms with Crippen LogP contribution in [-0.4, -0.2) is 37.1 Å². The number of anilines is 1. The van der Waals surface area contributed by atoms with Crippen molar-refractivity contribution in [2.45, 2.75) is 18.1 Å². The van der Waals surface area contributed by atoms with Crippen molar-refractivity contribution in [2.75, 3.05) is 11.8 Å². The van der Waals surface area contributed by atoms with Gasteiger partial charge in [0.2, 0.25) is 11.8 Å². The van der Waals surface area contributed by atoms with Gasteiger partial charge < -0.3 is 14.5 Å². The van der Waals surface area contributed by atoms with E-state index in [1.807, 2.05) is 0 Å². The summed E-state index contributed by atoms with van der Waals surface area (Å²) < 4.78 is 61.0. The lowest BCUT2D eigenvalue weighted by Crippen LogP contribution is -2.15. The van der Waals surface area contributed by atoms with Crippen molar-refractivity contribution in [3.05, 3.63) is 41.2 Å². The molecule has 1 aromatic carbocycles. The van der Waals surface area contributed by atoms with Crippen LogP contribution < -0.4 is 9.46 Å². The van der Waals surface area contributed by atoms with Crippen LogP contribution in [0.2, 0.25) is 5.02 Å². The van der Waals surface area contributed by atoms with Crippen molar-refractivity contribution < 1.29 is 26.7 Å². The molecule has 0 spiro atoms. The summed E-state index contributed by atoms with van der Waals surface area (Å²) in [5.41, 5.74) is 0.684. The topological polar surface area (TPSA) is 106 Å². The fraction of sp³-hybridized carbons (Fsp3) is 0.200. The molecule has 0 aliphatic carbocycles. The van der Waals surface area contributed by atoms with Crippen molar-refractivity contribution in [3.8, 4) is 5.88 Å². The van der Waals surface area contributed by atoms with Crippen LogP contribution in [0.4, 0.5) is 14.7 Å². The van der Waals surface area contributed by atoms with E-state index in [0.29, 0.717) is 15.9 Å². The minimum atomic E-state index is -4.03. The number of aromatic amines is 1. The summed E-state index contributed by atoms with van der Waals surface area (Å²) in [5, 5.41) is 0.886. The Labute approximate surface area is 157 Å². The van der Waals surface area contributed by atoms with Gasteiger partial charge in [-0.05, 0) is 18.2 Å². The third-order valence-corrected chi connectivity index (χ3v) is 5.11. The highest BCUT2D eigenvalue weighted by atomic mass is 35.5. The Bertz CT molecular complexity index is 1070. The molecule has 0 fully saturated rings. The summed E-state index contributed by atoms with van der Waals surface area (Å²) in [6, 6.07) is 4.72. The molecule has 0 bridgehead atoms. The first-order chi connectivity index (χ1) is 12.8. The molecule has 0 amide bonds. The number of nitrogens with zero attached hydrogens (tertiary/aromatic N) is 2. The molecular weight excluding hydrogens is 406 g/mol. The van der Waals surface area contributed by atoms with Gasteiger partial charge >= 0.3 is 6.61 Å². The summed E-state index contributed by atoms with van der Waals surface area (Å²) >= 11 is 5.89. The molecule has 0 saturated carbocycles. The average Bonchev–Trinajstić information content (AvgIpc) is 3.04. The highest BCUT2D eigenvalue weighted by Crippen LogP contribution is 2.27. The van der Waals surface area contributed by atoms with Gasteiger partial charge in [0.05, 0.1) is 19.3 Å². The quantitative estimate of drug-likeness (QED) is 0.610. The number of aromatic nitrogens is 3. The summed E-state index contributed by atoms with van der Waals surface area (Å²) in [6.45, 7) is -3.46. The monoisotopic (exact) mass is 418 g/mol. The van der Waals surface area contributed by atoms with E-state index in [1.165, 1.54) is 13.3 Å². The molecule has 8 nitrogen and oxygen atoms in total. The molecule has 0 radical (unpaired) electrons. The lowest BCUT2D eigenvalue weighted by molar-refractivity contribution is -0.137. The van der Waals surface area contributed by atoms with Crippen LogP contribution in [0.3, 0.4) is 0 Å². The average molecular weight is 419 g/mol. The van der Waals surface area contributed by atoms with E-state index in [-0.39, 0.29) is 22.3 Å². The van der Waals surface area contributed by atoms with Crippen molar-refractivity contribution in [1.29, 1.82) is 0 Å². The van der Waals surface area contributed by atoms with Crippen LogP contribution in [0.5, 0.6) is 5.88 Å². The smallest absolute Gasteiger partial charge is 0.345 e. The molecule has 0 aliphatic heterocycles. The zero-order valence-electron chi connectivity index (χ0n) is 13.7. The van der Waals surface area contributed by atoms with E-state index < -0.39 is 23.2 Å². The molecule has 2 aromatic heterocycles. The Balaban J connectivity index is 1.88. The molecule has 0 unspecified atom stereocenters. The minimum absolute atomic E-state index is 0.0261. The number of alkyl halides is 2. The largest absolute Gasteiger partial charge is 0.481 e. The number of nitrogens with one attached hydrogen (secondary N) is 2. The van der Waals surface area contributed by atoms with Crippen molar-refractivity contribution in [3.63, 3.8) is 0 Å². The molecule has 0 aliphatic rings. The van der Waals surface area contributed by atoms with Gasteiger partial charge in [-0.15, -0.1) is 0 Å². The summed E-state index contributed by atoms with van der Waals surface area (Å²) in [7, 11) is -2.77. The van der Waals surface area contributed by atoms with Crippen LogP contribution in [0.1, 0.15) is 5.56 Å². The standard InChI is InChI=1S/C15H13ClF2N4O4S/c1-25-13-8(7-26-14(17)18)5-20-15(21-13)22-27(23,24)12-6-19-11-4-9(16)2-3-10(11)12/h2-6,14,19H,7H2,1H3,(H,20,21,22). The molecule has 0 atom stereocenters. The highest BCUT2D eigenvalue weighted by Gasteiger charge is 2.21. The Morgan fingerprint density at radius 2 is 2.15 bits per heavy atom. The van der Waals surface area contributed by atoms with Gasteiger partial charge in [-0.1, -0.05) is 11.6 Å². The van der Waals surface area contributed by atoms with Crippen molar-refractivity contribution >= 4 is 38.5 Å². The maximum atomic E-state index is 12.7. The number of methoxy groups -OCH3 is 1. The number of sulfonamides is 1. The second kappa shape index (κ2) is 7.62. The van der Waals surface area contributed by atoms with Crippen LogP contribution in [0, 0.1) is 0 Å². The Morgan fingerprint density at radius 1 is 1.37 bits per heavy atom.